The summed E-state index contributed by atoms with van der Waals surface area (Å²) in [6.07, 6.45) is 9.61. The molecule has 13 N–H and O–H groups in total. The van der Waals surface area contributed by atoms with Gasteiger partial charge in [0.2, 0.25) is 41.4 Å². The summed E-state index contributed by atoms with van der Waals surface area (Å²) in [5.41, 5.74) is 20.7. The lowest BCUT2D eigenvalue weighted by Crippen LogP contribution is -2.60. The monoisotopic (exact) mass is 967 g/mol. The lowest BCUT2D eigenvalue weighted by molar-refractivity contribution is -0.143. The van der Waals surface area contributed by atoms with Crippen LogP contribution in [0.2, 0.25) is 0 Å². The van der Waals surface area contributed by atoms with E-state index in [2.05, 4.69) is 54.0 Å². The van der Waals surface area contributed by atoms with Gasteiger partial charge in [-0.2, -0.15) is 0 Å². The van der Waals surface area contributed by atoms with Gasteiger partial charge in [0.15, 0.2) is 0 Å². The third-order valence-corrected chi connectivity index (χ3v) is 14.2. The molecule has 0 saturated carbocycles. The molecule has 3 aliphatic rings. The molecule has 69 heavy (non-hydrogen) atoms. The van der Waals surface area contributed by atoms with Gasteiger partial charge in [-0.3, -0.25) is 38.9 Å². The van der Waals surface area contributed by atoms with E-state index in [1.807, 2.05) is 49.4 Å². The largest absolute Gasteiger partial charge is 0.379 e. The number of thiophene rings is 1. The van der Waals surface area contributed by atoms with Gasteiger partial charge in [0.05, 0.1) is 29.6 Å². The fourth-order valence-electron chi connectivity index (χ4n) is 8.88. The van der Waals surface area contributed by atoms with E-state index in [1.165, 1.54) is 10.5 Å². The van der Waals surface area contributed by atoms with Gasteiger partial charge in [0, 0.05) is 47.8 Å². The van der Waals surface area contributed by atoms with Crippen molar-refractivity contribution in [3.05, 3.63) is 77.5 Å². The number of fused-ring (bicyclic) bond motifs is 2. The van der Waals surface area contributed by atoms with Crippen molar-refractivity contribution >= 4 is 69.2 Å². The van der Waals surface area contributed by atoms with Gasteiger partial charge in [0.25, 0.3) is 0 Å². The van der Waals surface area contributed by atoms with Crippen molar-refractivity contribution in [2.75, 3.05) is 13.1 Å². The molecule has 1 aromatic carbocycles. The summed E-state index contributed by atoms with van der Waals surface area (Å²) >= 11 is 1.56. The molecular formula is C47H61N13O8S. The highest BCUT2D eigenvalue weighted by Crippen LogP contribution is 2.35. The molecule has 0 unspecified atom stereocenters. The molecule has 0 bridgehead atoms. The molecule has 22 heteroatoms. The molecule has 1 aliphatic carbocycles. The zero-order valence-corrected chi connectivity index (χ0v) is 39.4. The maximum absolute atomic E-state index is 15.1. The molecule has 368 valence electrons. The van der Waals surface area contributed by atoms with Crippen LogP contribution in [0.25, 0.3) is 27.0 Å². The Labute approximate surface area is 402 Å². The summed E-state index contributed by atoms with van der Waals surface area (Å²) in [4.78, 5) is 103. The van der Waals surface area contributed by atoms with Crippen LogP contribution in [-0.4, -0.2) is 127 Å². The Kier molecular flexibility index (Phi) is 16.4. The number of benzene rings is 1. The molecule has 7 rings (SSSR count). The summed E-state index contributed by atoms with van der Waals surface area (Å²) in [5.74, 6) is -6.04. The number of hydrogen-bond acceptors (Lipinski definition) is 13. The van der Waals surface area contributed by atoms with E-state index in [0.717, 1.165) is 27.1 Å². The number of nitrogens with two attached hydrogens (primary N) is 3. The van der Waals surface area contributed by atoms with Gasteiger partial charge in [0.1, 0.15) is 42.1 Å². The van der Waals surface area contributed by atoms with Crippen LogP contribution < -0.4 is 43.8 Å². The molecule has 3 aromatic heterocycles. The Morgan fingerprint density at radius 1 is 0.928 bits per heavy atom. The number of aromatic amines is 1. The van der Waals surface area contributed by atoms with E-state index in [0.29, 0.717) is 30.5 Å². The minimum atomic E-state index is -1.55. The van der Waals surface area contributed by atoms with Crippen LogP contribution in [-0.2, 0) is 40.0 Å². The van der Waals surface area contributed by atoms with Gasteiger partial charge in [-0.15, -0.1) is 16.4 Å². The lowest BCUT2D eigenvalue weighted by Gasteiger charge is -2.33. The van der Waals surface area contributed by atoms with Crippen LogP contribution in [0.15, 0.2) is 67.0 Å². The minimum absolute atomic E-state index is 0.0121. The van der Waals surface area contributed by atoms with E-state index >= 15 is 4.79 Å². The highest BCUT2D eigenvalue weighted by atomic mass is 32.1. The normalized spacial score (nSPS) is 26.4. The van der Waals surface area contributed by atoms with E-state index < -0.39 is 102 Å². The van der Waals surface area contributed by atoms with Gasteiger partial charge >= 0.3 is 0 Å². The van der Waals surface area contributed by atoms with Crippen molar-refractivity contribution in [1.82, 2.24) is 51.5 Å². The number of aliphatic hydroxyl groups is 1. The van der Waals surface area contributed by atoms with Crippen molar-refractivity contribution < 1.29 is 38.7 Å². The Morgan fingerprint density at radius 2 is 1.68 bits per heavy atom. The first-order valence-corrected chi connectivity index (χ1v) is 24.1. The second kappa shape index (κ2) is 22.6. The average Bonchev–Trinajstić information content (AvgIpc) is 4.19. The number of amides is 7. The molecule has 21 nitrogen and oxygen atoms in total. The Bertz CT molecular complexity index is 2600. The number of nitrogens with zero attached hydrogens (tertiary/aromatic N) is 4. The SMILES string of the molecule is CC[C@H](C)[C@@H]1NC(=O)[C@H](CC(N)=O)NC(=O)[C@@H](N)C[C@@H](O)NCCCC[C@@H](C(N)=O)NC(=O)[C@H](Cc2c[nH]c3ccccc23)NC(=O)[C@@H]2C[C@H](n3cc(-c4ccc(C5=CC=CC5)s4)nn3)CN2C1=O. The maximum Gasteiger partial charge on any atom is 0.246 e. The first kappa shape index (κ1) is 50.1. The Morgan fingerprint density at radius 3 is 2.42 bits per heavy atom. The van der Waals surface area contributed by atoms with Gasteiger partial charge < -0.3 is 53.5 Å². The van der Waals surface area contributed by atoms with Crippen molar-refractivity contribution in [3.8, 4) is 10.6 Å². The molecule has 7 amide bonds. The number of H-pyrrole nitrogens is 1. The molecule has 0 spiro atoms. The molecular weight excluding hydrogens is 907 g/mol. The fourth-order valence-corrected chi connectivity index (χ4v) is 9.87. The number of carbonyl (C=O) groups excluding carboxylic acids is 7. The predicted octanol–water partition coefficient (Wildman–Crippen LogP) is 0.371. The fraction of sp³-hybridized carbons (Fsp3) is 0.468. The molecule has 2 fully saturated rings. The first-order chi connectivity index (χ1) is 33.1. The number of nitrogens with one attached hydrogen (secondary N) is 6. The highest BCUT2D eigenvalue weighted by Gasteiger charge is 2.45. The summed E-state index contributed by atoms with van der Waals surface area (Å²) in [6.45, 7) is 3.71. The van der Waals surface area contributed by atoms with Crippen molar-refractivity contribution in [1.29, 1.82) is 0 Å². The summed E-state index contributed by atoms with van der Waals surface area (Å²) in [6, 6.07) is 3.05. The van der Waals surface area contributed by atoms with E-state index in [1.54, 1.807) is 35.3 Å². The van der Waals surface area contributed by atoms with Crippen LogP contribution in [0.3, 0.4) is 0 Å². The molecule has 9 atom stereocenters. The number of hydrogen-bond donors (Lipinski definition) is 10. The van der Waals surface area contributed by atoms with Crippen molar-refractivity contribution in [2.45, 2.75) is 120 Å². The zero-order valence-electron chi connectivity index (χ0n) is 38.6. The number of aliphatic hydroxyl groups excluding tert-OH is 1. The average molecular weight is 968 g/mol. The van der Waals surface area contributed by atoms with Crippen LogP contribution in [0.4, 0.5) is 0 Å². The highest BCUT2D eigenvalue weighted by molar-refractivity contribution is 7.16. The number of allylic oxidation sites excluding steroid dienone is 4. The standard InChI is InChI=1S/C47H61N13O8S/c1-3-25(2)41-47(68)59-23-28(60-24-35(57-58-60)38-16-15-37(69-38)26-10-4-5-11-26)19-36(59)46(67)55-33(18-27-22-52-31-13-7-6-12-29(27)31)44(65)53-32(42(50)63)14-8-9-17-51-40(62)20-30(48)43(64)54-34(21-39(49)61)45(66)56-41/h4-7,10,12-13,15-16,22,24-25,28,30,32-34,36,40-41,51-52,62H,3,8-9,11,14,17-21,23,48H2,1-2H3,(H2,49,61)(H2,50,63)(H,53,65)(H,54,64)(H,55,67)(H,56,66)/t25-,28-,30-,32-,33-,34-,36-,40+,41-/m0/s1. The van der Waals surface area contributed by atoms with Gasteiger partial charge in [-0.1, -0.05) is 61.9 Å². The zero-order chi connectivity index (χ0) is 49.4. The third-order valence-electron chi connectivity index (χ3n) is 13.0. The summed E-state index contributed by atoms with van der Waals surface area (Å²) in [5, 5.41) is 34.1. The second-order valence-corrected chi connectivity index (χ2v) is 19.1. The molecule has 5 heterocycles. The third kappa shape index (κ3) is 12.3. The molecule has 2 aliphatic heterocycles. The number of rotatable bonds is 10. The topological polar surface area (TPSA) is 328 Å². The Hall–Kier alpha value is -6.75. The van der Waals surface area contributed by atoms with Crippen LogP contribution in [0, 0.1) is 5.92 Å². The minimum Gasteiger partial charge on any atom is -0.379 e. The van der Waals surface area contributed by atoms with E-state index in [4.69, 9.17) is 17.2 Å². The predicted molar refractivity (Wildman–Crippen MR) is 257 cm³/mol. The van der Waals surface area contributed by atoms with Gasteiger partial charge in [-0.25, -0.2) is 4.68 Å². The number of primary amides is 2. The molecule has 0 radical (unpaired) electrons. The summed E-state index contributed by atoms with van der Waals surface area (Å²) < 4.78 is 1.60. The maximum atomic E-state index is 15.1. The van der Waals surface area contributed by atoms with Gasteiger partial charge in [-0.05, 0) is 67.5 Å². The number of para-hydroxylation sites is 1. The first-order valence-electron chi connectivity index (χ1n) is 23.3. The Balaban J connectivity index is 1.24. The quantitative estimate of drug-likeness (QED) is 0.103. The van der Waals surface area contributed by atoms with Crippen LogP contribution >= 0.6 is 11.3 Å². The lowest BCUT2D eigenvalue weighted by atomic mass is 9.96. The van der Waals surface area contributed by atoms with Crippen LogP contribution in [0.1, 0.15) is 81.7 Å². The van der Waals surface area contributed by atoms with Crippen LogP contribution in [0.5, 0.6) is 0 Å². The number of aromatic nitrogens is 4. The van der Waals surface area contributed by atoms with Crippen molar-refractivity contribution in [2.24, 2.45) is 23.1 Å². The van der Waals surface area contributed by atoms with E-state index in [-0.39, 0.29) is 38.8 Å². The second-order valence-electron chi connectivity index (χ2n) is 18.0. The molecule has 4 aromatic rings. The number of carbonyl (C=O) groups is 7. The summed E-state index contributed by atoms with van der Waals surface area (Å²) in [7, 11) is 0. The van der Waals surface area contributed by atoms with E-state index in [9.17, 15) is 33.9 Å². The molecule has 2 saturated heterocycles. The smallest absolute Gasteiger partial charge is 0.246 e. The van der Waals surface area contributed by atoms with Crippen molar-refractivity contribution in [3.63, 3.8) is 0 Å².